The van der Waals surface area contributed by atoms with Crippen LogP contribution in [0.15, 0.2) is 12.1 Å². The van der Waals surface area contributed by atoms with Gasteiger partial charge in [-0.15, -0.1) is 0 Å². The Morgan fingerprint density at radius 1 is 1.39 bits per heavy atom. The van der Waals surface area contributed by atoms with E-state index in [0.29, 0.717) is 0 Å². The van der Waals surface area contributed by atoms with E-state index in [1.807, 2.05) is 0 Å². The van der Waals surface area contributed by atoms with Gasteiger partial charge >= 0.3 is 6.18 Å². The predicted molar refractivity (Wildman–Crippen MR) is 58.0 cm³/mol. The van der Waals surface area contributed by atoms with Crippen molar-refractivity contribution in [2.45, 2.75) is 19.2 Å². The average molecular weight is 287 g/mol. The number of aliphatic hydroxyl groups excluding tert-OH is 1. The van der Waals surface area contributed by atoms with Crippen molar-refractivity contribution < 1.29 is 27.4 Å². The zero-order chi connectivity index (χ0) is 13.9. The second-order valence-corrected chi connectivity index (χ2v) is 4.18. The molecule has 7 heteroatoms. The molecule has 0 aliphatic carbocycles. The quantitative estimate of drug-likeness (QED) is 0.860. The summed E-state index contributed by atoms with van der Waals surface area (Å²) in [4.78, 5) is 0. The van der Waals surface area contributed by atoms with Gasteiger partial charge in [-0.25, -0.2) is 4.39 Å². The first-order chi connectivity index (χ1) is 8.20. The fraction of sp³-hybridized carbons (Fsp3) is 0.455. The smallest absolute Gasteiger partial charge is 0.386 e. The van der Waals surface area contributed by atoms with Crippen molar-refractivity contribution in [2.24, 2.45) is 0 Å². The molecule has 2 nitrogen and oxygen atoms in total. The molecule has 1 atom stereocenters. The van der Waals surface area contributed by atoms with Gasteiger partial charge in [0.1, 0.15) is 18.5 Å². The van der Waals surface area contributed by atoms with Gasteiger partial charge in [0.25, 0.3) is 0 Å². The lowest BCUT2D eigenvalue weighted by atomic mass is 10.1. The van der Waals surface area contributed by atoms with E-state index < -0.39 is 31.3 Å². The maximum atomic E-state index is 13.1. The summed E-state index contributed by atoms with van der Waals surface area (Å²) in [6, 6.07) is 2.28. The number of alkyl halides is 3. The molecule has 102 valence electrons. The van der Waals surface area contributed by atoms with Crippen LogP contribution < -0.4 is 0 Å². The van der Waals surface area contributed by atoms with E-state index in [0.717, 1.165) is 6.07 Å². The standard InChI is InChI=1S/C11H11ClF4O2/c1-6-2-7(8(12)3-9(6)13)10(17)4-18-5-11(14,15)16/h2-3,10,17H,4-5H2,1H3. The van der Waals surface area contributed by atoms with Crippen molar-refractivity contribution in [3.63, 3.8) is 0 Å². The Labute approximate surface area is 106 Å². The number of halogens is 5. The Kier molecular flexibility index (Phi) is 4.95. The number of aliphatic hydroxyl groups is 1. The van der Waals surface area contributed by atoms with Crippen LogP contribution in [0.25, 0.3) is 0 Å². The number of rotatable bonds is 4. The largest absolute Gasteiger partial charge is 0.411 e. The second-order valence-electron chi connectivity index (χ2n) is 3.77. The van der Waals surface area contributed by atoms with Crippen LogP contribution in [0, 0.1) is 12.7 Å². The van der Waals surface area contributed by atoms with Crippen LogP contribution >= 0.6 is 11.6 Å². The summed E-state index contributed by atoms with van der Waals surface area (Å²) in [5, 5.41) is 9.56. The molecule has 0 spiro atoms. The first-order valence-corrected chi connectivity index (χ1v) is 5.36. The minimum Gasteiger partial charge on any atom is -0.386 e. The lowest BCUT2D eigenvalue weighted by Gasteiger charge is -2.15. The first kappa shape index (κ1) is 15.2. The summed E-state index contributed by atoms with van der Waals surface area (Å²) in [5.74, 6) is -0.549. The monoisotopic (exact) mass is 286 g/mol. The highest BCUT2D eigenvalue weighted by atomic mass is 35.5. The third-order valence-electron chi connectivity index (χ3n) is 2.18. The Balaban J connectivity index is 2.67. The normalized spacial score (nSPS) is 13.7. The van der Waals surface area contributed by atoms with Crippen molar-refractivity contribution >= 4 is 11.6 Å². The predicted octanol–water partition coefficient (Wildman–Crippen LogP) is 3.40. The van der Waals surface area contributed by atoms with Gasteiger partial charge in [-0.05, 0) is 24.6 Å². The molecule has 0 saturated heterocycles. The van der Waals surface area contributed by atoms with Crippen molar-refractivity contribution in [3.05, 3.63) is 34.1 Å². The molecule has 0 aliphatic rings. The molecule has 1 N–H and O–H groups in total. The fourth-order valence-corrected chi connectivity index (χ4v) is 1.59. The Hall–Kier alpha value is -0.850. The van der Waals surface area contributed by atoms with Crippen LogP contribution in [0.5, 0.6) is 0 Å². The van der Waals surface area contributed by atoms with Crippen LogP contribution in [0.3, 0.4) is 0 Å². The van der Waals surface area contributed by atoms with Gasteiger partial charge in [0.2, 0.25) is 0 Å². The summed E-state index contributed by atoms with van der Waals surface area (Å²) in [6.45, 7) is -0.565. The molecule has 1 rings (SSSR count). The van der Waals surface area contributed by atoms with Gasteiger partial charge in [0.05, 0.1) is 6.61 Å². The lowest BCUT2D eigenvalue weighted by molar-refractivity contribution is -0.179. The molecule has 0 heterocycles. The SMILES string of the molecule is Cc1cc(C(O)COCC(F)(F)F)c(Cl)cc1F. The van der Waals surface area contributed by atoms with Crippen molar-refractivity contribution in [1.29, 1.82) is 0 Å². The summed E-state index contributed by atoms with van der Waals surface area (Å²) in [5.41, 5.74) is 0.377. The van der Waals surface area contributed by atoms with E-state index >= 15 is 0 Å². The van der Waals surface area contributed by atoms with E-state index in [-0.39, 0.29) is 16.1 Å². The number of hydrogen-bond donors (Lipinski definition) is 1. The molecule has 0 saturated carbocycles. The highest BCUT2D eigenvalue weighted by Gasteiger charge is 2.28. The molecule has 0 amide bonds. The molecule has 18 heavy (non-hydrogen) atoms. The number of aryl methyl sites for hydroxylation is 1. The fourth-order valence-electron chi connectivity index (χ4n) is 1.31. The van der Waals surface area contributed by atoms with Crippen molar-refractivity contribution in [1.82, 2.24) is 0 Å². The van der Waals surface area contributed by atoms with Gasteiger partial charge in [-0.2, -0.15) is 13.2 Å². The van der Waals surface area contributed by atoms with Gasteiger partial charge in [0.15, 0.2) is 0 Å². The number of benzene rings is 1. The molecule has 1 aromatic rings. The van der Waals surface area contributed by atoms with Gasteiger partial charge in [-0.1, -0.05) is 11.6 Å². The zero-order valence-electron chi connectivity index (χ0n) is 9.39. The summed E-state index contributed by atoms with van der Waals surface area (Å²) in [7, 11) is 0. The topological polar surface area (TPSA) is 29.5 Å². The van der Waals surface area contributed by atoms with E-state index in [9.17, 15) is 22.7 Å². The molecule has 0 aliphatic heterocycles. The first-order valence-electron chi connectivity index (χ1n) is 4.99. The maximum absolute atomic E-state index is 13.1. The number of ether oxygens (including phenoxy) is 1. The molecule has 1 unspecified atom stereocenters. The van der Waals surface area contributed by atoms with Gasteiger partial charge < -0.3 is 9.84 Å². The lowest BCUT2D eigenvalue weighted by Crippen LogP contribution is -2.19. The van der Waals surface area contributed by atoms with Crippen LogP contribution in [0.1, 0.15) is 17.2 Å². The van der Waals surface area contributed by atoms with Crippen LogP contribution in [-0.2, 0) is 4.74 Å². The summed E-state index contributed by atoms with van der Waals surface area (Å²) in [6.07, 6.45) is -5.79. The Bertz CT molecular complexity index is 420. The van der Waals surface area contributed by atoms with Crippen molar-refractivity contribution in [2.75, 3.05) is 13.2 Å². The molecule has 0 radical (unpaired) electrons. The molecule has 0 bridgehead atoms. The summed E-state index contributed by atoms with van der Waals surface area (Å²) < 4.78 is 52.9. The van der Waals surface area contributed by atoms with Crippen LogP contribution in [-0.4, -0.2) is 24.5 Å². The summed E-state index contributed by atoms with van der Waals surface area (Å²) >= 11 is 5.69. The minimum absolute atomic E-state index is 0.0544. The minimum atomic E-state index is -4.46. The molecular weight excluding hydrogens is 276 g/mol. The van der Waals surface area contributed by atoms with Gasteiger partial charge in [0, 0.05) is 10.6 Å². The van der Waals surface area contributed by atoms with Crippen molar-refractivity contribution in [3.8, 4) is 0 Å². The number of hydrogen-bond acceptors (Lipinski definition) is 2. The van der Waals surface area contributed by atoms with E-state index in [2.05, 4.69) is 4.74 Å². The van der Waals surface area contributed by atoms with Crippen LogP contribution in [0.4, 0.5) is 17.6 Å². The zero-order valence-corrected chi connectivity index (χ0v) is 10.1. The van der Waals surface area contributed by atoms with E-state index in [1.54, 1.807) is 0 Å². The van der Waals surface area contributed by atoms with E-state index in [1.165, 1.54) is 13.0 Å². The third kappa shape index (κ3) is 4.44. The second kappa shape index (κ2) is 5.86. The molecular formula is C11H11ClF4O2. The van der Waals surface area contributed by atoms with E-state index in [4.69, 9.17) is 11.6 Å². The Morgan fingerprint density at radius 3 is 2.56 bits per heavy atom. The molecule has 0 aromatic heterocycles. The highest BCUT2D eigenvalue weighted by Crippen LogP contribution is 2.26. The molecule has 1 aromatic carbocycles. The van der Waals surface area contributed by atoms with Gasteiger partial charge in [-0.3, -0.25) is 0 Å². The third-order valence-corrected chi connectivity index (χ3v) is 2.51. The molecule has 0 fully saturated rings. The Morgan fingerprint density at radius 2 is 2.00 bits per heavy atom. The maximum Gasteiger partial charge on any atom is 0.411 e. The highest BCUT2D eigenvalue weighted by molar-refractivity contribution is 6.31. The van der Waals surface area contributed by atoms with Crippen LogP contribution in [0.2, 0.25) is 5.02 Å². The average Bonchev–Trinajstić information content (AvgIpc) is 2.21.